The van der Waals surface area contributed by atoms with Crippen molar-refractivity contribution in [2.24, 2.45) is 29.1 Å². The highest BCUT2D eigenvalue weighted by molar-refractivity contribution is 8.32. The first-order chi connectivity index (χ1) is 14.6. The Morgan fingerprint density at radius 1 is 1.16 bits per heavy atom. The molecule has 0 heterocycles. The van der Waals surface area contributed by atoms with Crippen LogP contribution in [0.2, 0.25) is 0 Å². The first-order valence-electron chi connectivity index (χ1n) is 12.1. The highest BCUT2D eigenvalue weighted by atomic mass is 32.3. The molecule has 7 atom stereocenters. The van der Waals surface area contributed by atoms with Gasteiger partial charge in [0.1, 0.15) is 0 Å². The molecule has 0 aromatic carbocycles. The molecule has 6 unspecified atom stereocenters. The average molecular weight is 449 g/mol. The lowest BCUT2D eigenvalue weighted by molar-refractivity contribution is -0.170. The molecule has 4 rings (SSSR count). The molecular formula is C27H44O3S. The zero-order valence-corrected chi connectivity index (χ0v) is 21.1. The maximum atomic E-state index is 12.4. The van der Waals surface area contributed by atoms with Crippen LogP contribution in [0.4, 0.5) is 0 Å². The third kappa shape index (κ3) is 4.35. The third-order valence-electron chi connectivity index (χ3n) is 8.57. The van der Waals surface area contributed by atoms with Gasteiger partial charge >= 0.3 is 0 Å². The zero-order valence-electron chi connectivity index (χ0n) is 20.3. The summed E-state index contributed by atoms with van der Waals surface area (Å²) in [5, 5.41) is 23.5. The lowest BCUT2D eigenvalue weighted by atomic mass is 9.47. The van der Waals surface area contributed by atoms with Crippen molar-refractivity contribution < 1.29 is 14.9 Å². The van der Waals surface area contributed by atoms with E-state index in [9.17, 15) is 10.2 Å². The zero-order chi connectivity index (χ0) is 23.0. The topological polar surface area (TPSA) is 49.7 Å². The van der Waals surface area contributed by atoms with Crippen molar-refractivity contribution in [1.29, 1.82) is 0 Å². The van der Waals surface area contributed by atoms with Crippen molar-refractivity contribution in [3.63, 3.8) is 0 Å². The summed E-state index contributed by atoms with van der Waals surface area (Å²) >= 11 is 0. The molecule has 0 aromatic heterocycles. The number of allylic oxidation sites excluding steroid dienone is 4. The lowest BCUT2D eigenvalue weighted by Crippen LogP contribution is -2.62. The highest BCUT2D eigenvalue weighted by Crippen LogP contribution is 2.66. The van der Waals surface area contributed by atoms with Crippen molar-refractivity contribution in [1.82, 2.24) is 0 Å². The summed E-state index contributed by atoms with van der Waals surface area (Å²) in [6.45, 7) is 5.03. The van der Waals surface area contributed by atoms with Gasteiger partial charge in [0, 0.05) is 17.6 Å². The number of hydrogen-bond acceptors (Lipinski definition) is 3. The fraction of sp³-hybridized carbons (Fsp3) is 0.778. The van der Waals surface area contributed by atoms with E-state index in [1.807, 2.05) is 0 Å². The minimum Gasteiger partial charge on any atom is -0.498 e. The van der Waals surface area contributed by atoms with Crippen LogP contribution >= 0.6 is 10.0 Å². The molecule has 4 heteroatoms. The summed E-state index contributed by atoms with van der Waals surface area (Å²) in [5.74, 6) is 3.84. The fourth-order valence-corrected chi connectivity index (χ4v) is 9.68. The van der Waals surface area contributed by atoms with Crippen molar-refractivity contribution in [2.75, 3.05) is 31.1 Å². The van der Waals surface area contributed by atoms with Gasteiger partial charge in [-0.2, -0.15) is 0 Å². The quantitative estimate of drug-likeness (QED) is 0.574. The molecule has 2 N–H and O–H groups in total. The van der Waals surface area contributed by atoms with Gasteiger partial charge in [-0.15, -0.1) is 12.8 Å². The second kappa shape index (κ2) is 9.16. The van der Waals surface area contributed by atoms with Crippen LogP contribution in [-0.2, 0) is 4.74 Å². The van der Waals surface area contributed by atoms with Crippen molar-refractivity contribution in [3.8, 4) is 12.8 Å². The van der Waals surface area contributed by atoms with Gasteiger partial charge in [0.2, 0.25) is 0 Å². The Labute approximate surface area is 192 Å². The molecule has 4 aliphatic rings. The molecule has 3 nitrogen and oxygen atoms in total. The summed E-state index contributed by atoms with van der Waals surface area (Å²) in [6, 6.07) is 0. The van der Waals surface area contributed by atoms with Gasteiger partial charge in [-0.3, -0.25) is 0 Å². The van der Waals surface area contributed by atoms with Crippen LogP contribution in [0.5, 0.6) is 0 Å². The van der Waals surface area contributed by atoms with Crippen LogP contribution in [0.25, 0.3) is 0 Å². The highest BCUT2D eigenvalue weighted by Gasteiger charge is 2.64. The van der Waals surface area contributed by atoms with E-state index in [1.54, 1.807) is 0 Å². The van der Waals surface area contributed by atoms with Gasteiger partial charge in [0.25, 0.3) is 0 Å². The van der Waals surface area contributed by atoms with Gasteiger partial charge in [-0.1, -0.05) is 13.0 Å². The van der Waals surface area contributed by atoms with Crippen molar-refractivity contribution in [3.05, 3.63) is 23.5 Å². The van der Waals surface area contributed by atoms with E-state index in [1.165, 1.54) is 5.57 Å². The predicted octanol–water partition coefficient (Wildman–Crippen LogP) is 5.12. The number of ether oxygens (including phenoxy) is 1. The summed E-state index contributed by atoms with van der Waals surface area (Å²) in [6.07, 6.45) is 26.4. The summed E-state index contributed by atoms with van der Waals surface area (Å²) in [5.41, 5.74) is 0.648. The van der Waals surface area contributed by atoms with E-state index < -0.39 is 15.6 Å². The Balaban J connectivity index is 0.00000132. The van der Waals surface area contributed by atoms with Crippen LogP contribution in [0.3, 0.4) is 0 Å². The maximum absolute atomic E-state index is 12.4. The van der Waals surface area contributed by atoms with Crippen LogP contribution < -0.4 is 0 Å². The minimum absolute atomic E-state index is 0.0903. The van der Waals surface area contributed by atoms with E-state index in [0.717, 1.165) is 63.1 Å². The fourth-order valence-electron chi connectivity index (χ4n) is 7.89. The standard InChI is InChI=1S/C25H42O3S.C2H2/c1-6-24-15-25(27,16-29(3,4)5)23-19-11-9-18(28-7-2)14-17(19)8-10-20(23)21(24)12-13-22(24)26;1-2/h8,14,19-23,26-27H,6-7,9-13,15-16H2,1-5H3;1-2H/t19?,20?,21?,22?,23?,24-,25?;/m0./s1. The molecule has 31 heavy (non-hydrogen) atoms. The van der Waals surface area contributed by atoms with Crippen molar-refractivity contribution >= 4 is 10.0 Å². The molecule has 0 bridgehead atoms. The number of hydrogen-bond donors (Lipinski definition) is 2. The first-order valence-corrected chi connectivity index (χ1v) is 15.1. The largest absolute Gasteiger partial charge is 0.498 e. The second-order valence-corrected chi connectivity index (χ2v) is 15.6. The number of fused-ring (bicyclic) bond motifs is 5. The van der Waals surface area contributed by atoms with E-state index in [0.29, 0.717) is 23.7 Å². The van der Waals surface area contributed by atoms with E-state index >= 15 is 0 Å². The molecule has 0 saturated heterocycles. The molecule has 0 aromatic rings. The smallest absolute Gasteiger partial charge is 0.0962 e. The third-order valence-corrected chi connectivity index (χ3v) is 9.94. The molecule has 2 saturated carbocycles. The minimum atomic E-state index is -0.862. The van der Waals surface area contributed by atoms with E-state index in [-0.39, 0.29) is 11.5 Å². The van der Waals surface area contributed by atoms with Gasteiger partial charge in [0.15, 0.2) is 0 Å². The first kappa shape index (κ1) is 24.7. The molecule has 0 radical (unpaired) electrons. The number of rotatable bonds is 5. The Morgan fingerprint density at radius 2 is 1.87 bits per heavy atom. The van der Waals surface area contributed by atoms with Crippen LogP contribution in [0.1, 0.15) is 58.8 Å². The molecule has 2 fully saturated rings. The summed E-state index contributed by atoms with van der Waals surface area (Å²) < 4.78 is 5.85. The average Bonchev–Trinajstić information content (AvgIpc) is 3.04. The maximum Gasteiger partial charge on any atom is 0.0962 e. The Hall–Kier alpha value is -0.890. The normalized spacial score (nSPS) is 42.0. The molecular weight excluding hydrogens is 404 g/mol. The predicted molar refractivity (Wildman–Crippen MR) is 133 cm³/mol. The molecule has 0 amide bonds. The molecule has 0 spiro atoms. The van der Waals surface area contributed by atoms with E-state index in [4.69, 9.17) is 4.74 Å². The van der Waals surface area contributed by atoms with Crippen LogP contribution in [0.15, 0.2) is 23.5 Å². The van der Waals surface area contributed by atoms with E-state index in [2.05, 4.69) is 57.6 Å². The SMILES string of the molecule is C#C.CCOC1=CC2=CCC3C(C2CC1)C(O)(CS(C)(C)C)C[C@]1(CC)C(O)CCC31. The summed E-state index contributed by atoms with van der Waals surface area (Å²) in [7, 11) is -0.862. The second-order valence-electron chi connectivity index (χ2n) is 11.1. The Morgan fingerprint density at radius 3 is 2.48 bits per heavy atom. The van der Waals surface area contributed by atoms with Gasteiger partial charge in [-0.25, -0.2) is 10.0 Å². The van der Waals surface area contributed by atoms with Gasteiger partial charge in [-0.05, 0) is 99.5 Å². The van der Waals surface area contributed by atoms with Crippen molar-refractivity contribution in [2.45, 2.75) is 70.5 Å². The molecule has 4 aliphatic carbocycles. The monoisotopic (exact) mass is 448 g/mol. The Kier molecular flexibility index (Phi) is 7.31. The lowest BCUT2D eigenvalue weighted by Gasteiger charge is -2.61. The number of aliphatic hydroxyl groups excluding tert-OH is 1. The van der Waals surface area contributed by atoms with Crippen LogP contribution in [-0.4, -0.2) is 53.0 Å². The Bertz CT molecular complexity index is 732. The van der Waals surface area contributed by atoms with Gasteiger partial charge < -0.3 is 14.9 Å². The number of aliphatic hydroxyl groups is 2. The van der Waals surface area contributed by atoms with Crippen LogP contribution in [0, 0.1) is 41.9 Å². The summed E-state index contributed by atoms with van der Waals surface area (Å²) in [4.78, 5) is 0. The number of terminal acetylenes is 1. The molecule has 0 aliphatic heterocycles. The van der Waals surface area contributed by atoms with Gasteiger partial charge in [0.05, 0.1) is 24.1 Å². The molecule has 176 valence electrons.